The van der Waals surface area contributed by atoms with Gasteiger partial charge >= 0.3 is 0 Å². The Kier molecular flexibility index (Phi) is 9.66. The van der Waals surface area contributed by atoms with E-state index >= 15 is 0 Å². The zero-order valence-electron chi connectivity index (χ0n) is 19.6. The molecule has 192 valence electrons. The Morgan fingerprint density at radius 3 is 2.33 bits per heavy atom. The average molecular weight is 552 g/mol. The van der Waals surface area contributed by atoms with E-state index in [1.807, 2.05) is 13.0 Å². The van der Waals surface area contributed by atoms with E-state index in [1.54, 1.807) is 41.4 Å². The van der Waals surface area contributed by atoms with E-state index in [9.17, 15) is 22.8 Å². The quantitative estimate of drug-likeness (QED) is 0.192. The second kappa shape index (κ2) is 12.5. The topological polar surface area (TPSA) is 124 Å². The van der Waals surface area contributed by atoms with Gasteiger partial charge in [-0.3, -0.25) is 23.9 Å². The Labute approximate surface area is 219 Å². The van der Waals surface area contributed by atoms with Gasteiger partial charge in [-0.2, -0.15) is 13.5 Å². The molecule has 0 atom stereocenters. The normalized spacial score (nSPS) is 16.8. The number of amides is 1. The predicted octanol–water partition coefficient (Wildman–Crippen LogP) is 3.51. The van der Waals surface area contributed by atoms with Gasteiger partial charge in [-0.05, 0) is 31.9 Å². The summed E-state index contributed by atoms with van der Waals surface area (Å²) < 4.78 is 30.7. The van der Waals surface area contributed by atoms with Gasteiger partial charge in [0.25, 0.3) is 10.1 Å². The van der Waals surface area contributed by atoms with E-state index in [0.29, 0.717) is 30.6 Å². The Hall–Kier alpha value is -2.73. The van der Waals surface area contributed by atoms with Gasteiger partial charge in [0.15, 0.2) is 11.6 Å². The van der Waals surface area contributed by atoms with Crippen LogP contribution in [0.15, 0.2) is 64.3 Å². The Balaban J connectivity index is 1.58. The van der Waals surface area contributed by atoms with E-state index in [1.165, 1.54) is 22.7 Å². The summed E-state index contributed by atoms with van der Waals surface area (Å²) >= 11 is 7.14. The molecule has 0 fully saturated rings. The lowest BCUT2D eigenvalue weighted by Gasteiger charge is -2.23. The summed E-state index contributed by atoms with van der Waals surface area (Å²) in [6.07, 6.45) is 7.39. The molecule has 9 nitrogen and oxygen atoms in total. The van der Waals surface area contributed by atoms with Gasteiger partial charge in [-0.1, -0.05) is 48.2 Å². The number of hydrazone groups is 1. The maximum absolute atomic E-state index is 12.5. The van der Waals surface area contributed by atoms with Crippen LogP contribution in [0.5, 0.6) is 0 Å². The summed E-state index contributed by atoms with van der Waals surface area (Å²) in [6.45, 7) is 2.90. The fourth-order valence-corrected chi connectivity index (χ4v) is 5.22. The Morgan fingerprint density at radius 2 is 1.72 bits per heavy atom. The van der Waals surface area contributed by atoms with Crippen molar-refractivity contribution < 1.29 is 27.4 Å². The molecule has 3 rings (SSSR count). The molecule has 1 amide bonds. The van der Waals surface area contributed by atoms with Crippen LogP contribution in [0.25, 0.3) is 0 Å². The number of carbonyl (C=O) groups is 3. The van der Waals surface area contributed by atoms with Crippen molar-refractivity contribution in [3.05, 3.63) is 70.3 Å². The van der Waals surface area contributed by atoms with E-state index < -0.39 is 15.9 Å². The number of carbonyl (C=O) groups excluding carboxylic acids is 3. The highest BCUT2D eigenvalue weighted by Crippen LogP contribution is 2.30. The number of hydrogen-bond donors (Lipinski definition) is 1. The highest BCUT2D eigenvalue weighted by atomic mass is 35.5. The van der Waals surface area contributed by atoms with Crippen LogP contribution in [0, 0.1) is 0 Å². The molecule has 36 heavy (non-hydrogen) atoms. The van der Waals surface area contributed by atoms with Crippen LogP contribution in [0.3, 0.4) is 0 Å². The number of alkyl halides is 1. The molecule has 0 saturated carbocycles. The van der Waals surface area contributed by atoms with Crippen LogP contribution in [0.2, 0.25) is 0 Å². The fourth-order valence-electron chi connectivity index (χ4n) is 3.73. The first kappa shape index (κ1) is 27.9. The molecule has 12 heteroatoms. The number of fused-ring (bicyclic) bond motifs is 1. The summed E-state index contributed by atoms with van der Waals surface area (Å²) in [5.41, 5.74) is 0.968. The number of rotatable bonds is 11. The van der Waals surface area contributed by atoms with E-state index in [0.717, 1.165) is 10.1 Å². The van der Waals surface area contributed by atoms with Crippen molar-refractivity contribution in [1.29, 1.82) is 0 Å². The first-order valence-corrected chi connectivity index (χ1v) is 14.1. The third kappa shape index (κ3) is 7.39. The summed E-state index contributed by atoms with van der Waals surface area (Å²) in [4.78, 5) is 38.5. The van der Waals surface area contributed by atoms with Crippen LogP contribution >= 0.6 is 23.4 Å². The molecule has 0 aromatic heterocycles. The number of halogens is 1. The summed E-state index contributed by atoms with van der Waals surface area (Å²) in [6, 6.07) is 6.74. The van der Waals surface area contributed by atoms with Crippen LogP contribution < -0.4 is 0 Å². The summed E-state index contributed by atoms with van der Waals surface area (Å²) in [7, 11) is -4.09. The monoisotopic (exact) mass is 551 g/mol. The van der Waals surface area contributed by atoms with Gasteiger partial charge in [0, 0.05) is 30.8 Å². The zero-order valence-corrected chi connectivity index (χ0v) is 22.0. The lowest BCUT2D eigenvalue weighted by atomic mass is 10.1. The largest absolute Gasteiger partial charge is 0.342 e. The lowest BCUT2D eigenvalue weighted by Crippen LogP contribution is -2.35. The molecule has 0 spiro atoms. The van der Waals surface area contributed by atoms with Gasteiger partial charge in [0.2, 0.25) is 5.91 Å². The van der Waals surface area contributed by atoms with Crippen molar-refractivity contribution >= 4 is 56.0 Å². The minimum atomic E-state index is -4.09. The van der Waals surface area contributed by atoms with Gasteiger partial charge in [-0.15, -0.1) is 11.6 Å². The number of thioether (sulfide) groups is 1. The third-order valence-corrected chi connectivity index (χ3v) is 7.35. The predicted molar refractivity (Wildman–Crippen MR) is 141 cm³/mol. The van der Waals surface area contributed by atoms with Crippen LogP contribution in [0.4, 0.5) is 0 Å². The molecule has 1 aromatic carbocycles. The second-order valence-corrected chi connectivity index (χ2v) is 11.1. The lowest BCUT2D eigenvalue weighted by molar-refractivity contribution is -0.128. The standard InChI is InChI=1S/C24H26ClN3O6S2/c1-17-26-28(14-6-12-27(21(29)16-25)13-7-15-36(32,33)34)22(35-17)11-5-4-10-20-23(30)18-8-2-3-9-19(18)24(20)31/h2-5,8-11H,6-7,12-16H2,1H3,(H,32,33,34)/b5-4+,22-11-. The maximum atomic E-state index is 12.5. The Bertz CT molecular complexity index is 1230. The molecule has 1 heterocycles. The number of benzene rings is 1. The van der Waals surface area contributed by atoms with Gasteiger partial charge < -0.3 is 4.90 Å². The van der Waals surface area contributed by atoms with Crippen molar-refractivity contribution in [2.24, 2.45) is 5.10 Å². The minimum Gasteiger partial charge on any atom is -0.342 e. The molecule has 1 aliphatic carbocycles. The zero-order chi connectivity index (χ0) is 26.3. The molecule has 0 saturated heterocycles. The molecule has 0 bridgehead atoms. The first-order chi connectivity index (χ1) is 17.1. The number of Topliss-reactive ketones (excluding diaryl/α,β-unsaturated/α-hetero) is 2. The molecule has 2 aliphatic rings. The maximum Gasteiger partial charge on any atom is 0.264 e. The van der Waals surface area contributed by atoms with Crippen molar-refractivity contribution in [1.82, 2.24) is 9.91 Å². The highest BCUT2D eigenvalue weighted by Gasteiger charge is 2.31. The van der Waals surface area contributed by atoms with Crippen LogP contribution in [0.1, 0.15) is 40.5 Å². The average Bonchev–Trinajstić information content (AvgIpc) is 3.31. The van der Waals surface area contributed by atoms with Crippen LogP contribution in [-0.2, 0) is 14.9 Å². The fraction of sp³-hybridized carbons (Fsp3) is 0.333. The van der Waals surface area contributed by atoms with Gasteiger partial charge in [0.05, 0.1) is 21.4 Å². The van der Waals surface area contributed by atoms with Gasteiger partial charge in [-0.25, -0.2) is 0 Å². The second-order valence-electron chi connectivity index (χ2n) is 8.03. The van der Waals surface area contributed by atoms with Crippen molar-refractivity contribution in [2.75, 3.05) is 31.3 Å². The van der Waals surface area contributed by atoms with E-state index in [-0.39, 0.29) is 41.9 Å². The smallest absolute Gasteiger partial charge is 0.264 e. The van der Waals surface area contributed by atoms with E-state index in [2.05, 4.69) is 5.10 Å². The van der Waals surface area contributed by atoms with Gasteiger partial charge in [0.1, 0.15) is 5.88 Å². The first-order valence-electron chi connectivity index (χ1n) is 11.2. The molecule has 0 unspecified atom stereocenters. The minimum absolute atomic E-state index is 0.111. The van der Waals surface area contributed by atoms with Crippen LogP contribution in [-0.4, -0.2) is 76.7 Å². The molecular weight excluding hydrogens is 526 g/mol. The number of hydrogen-bond acceptors (Lipinski definition) is 8. The molecule has 1 aliphatic heterocycles. The molecular formula is C24H26ClN3O6S2. The summed E-state index contributed by atoms with van der Waals surface area (Å²) in [5.74, 6) is -1.52. The number of ketones is 2. The highest BCUT2D eigenvalue weighted by molar-refractivity contribution is 8.17. The number of allylic oxidation sites excluding steroid dienone is 5. The third-order valence-electron chi connectivity index (χ3n) is 5.38. The van der Waals surface area contributed by atoms with Crippen molar-refractivity contribution in [2.45, 2.75) is 19.8 Å². The van der Waals surface area contributed by atoms with E-state index in [4.69, 9.17) is 16.2 Å². The summed E-state index contributed by atoms with van der Waals surface area (Å²) in [5, 5.41) is 7.95. The molecule has 1 N–H and O–H groups in total. The molecule has 1 aromatic rings. The Morgan fingerprint density at radius 1 is 1.11 bits per heavy atom. The van der Waals surface area contributed by atoms with Crippen molar-refractivity contribution in [3.8, 4) is 0 Å². The SMILES string of the molecule is CC1=NN(CCCN(CCCS(=O)(=O)O)C(=O)CCl)/C(=C/C=C/C=C2C(=O)c3ccccc3C2=O)S1. The van der Waals surface area contributed by atoms with Crippen molar-refractivity contribution in [3.63, 3.8) is 0 Å². The molecule has 0 radical (unpaired) electrons. The number of nitrogens with zero attached hydrogens (tertiary/aromatic N) is 3.